The molecular formula is C15H29NO. The third-order valence-corrected chi connectivity index (χ3v) is 4.41. The Hall–Kier alpha value is -0.530. The van der Waals surface area contributed by atoms with Crippen LogP contribution in [0.25, 0.3) is 0 Å². The molecule has 0 aromatic heterocycles. The first-order chi connectivity index (χ1) is 8.15. The second kappa shape index (κ2) is 6.42. The topological polar surface area (TPSA) is 20.3 Å². The van der Waals surface area contributed by atoms with Crippen LogP contribution in [0.1, 0.15) is 66.2 Å². The predicted octanol–water partition coefficient (Wildman–Crippen LogP) is 3.85. The molecular weight excluding hydrogens is 210 g/mol. The van der Waals surface area contributed by atoms with Crippen LogP contribution in [-0.2, 0) is 4.79 Å². The lowest BCUT2D eigenvalue weighted by Crippen LogP contribution is -2.48. The average Bonchev–Trinajstić information content (AvgIpc) is 2.31. The van der Waals surface area contributed by atoms with E-state index in [1.807, 2.05) is 18.7 Å². The smallest absolute Gasteiger partial charge is 0.219 e. The lowest BCUT2D eigenvalue weighted by molar-refractivity contribution is -0.133. The highest BCUT2D eigenvalue weighted by Gasteiger charge is 2.45. The molecule has 0 N–H and O–H groups in total. The van der Waals surface area contributed by atoms with Crippen LogP contribution in [0.3, 0.4) is 0 Å². The van der Waals surface area contributed by atoms with E-state index >= 15 is 0 Å². The zero-order valence-corrected chi connectivity index (χ0v) is 12.1. The normalized spacial score (nSPS) is 22.7. The van der Waals surface area contributed by atoms with Crippen LogP contribution in [0.15, 0.2) is 0 Å². The number of nitrogens with zero attached hydrogens (tertiary/aromatic N) is 1. The first-order valence-corrected chi connectivity index (χ1v) is 7.41. The minimum atomic E-state index is 0.259. The van der Waals surface area contributed by atoms with Crippen LogP contribution in [0.2, 0.25) is 0 Å². The zero-order chi connectivity index (χ0) is 12.9. The summed E-state index contributed by atoms with van der Waals surface area (Å²) >= 11 is 0. The van der Waals surface area contributed by atoms with Crippen LogP contribution < -0.4 is 0 Å². The molecule has 2 fully saturated rings. The Morgan fingerprint density at radius 1 is 1.24 bits per heavy atom. The molecule has 0 radical (unpaired) electrons. The molecule has 0 aromatic rings. The van der Waals surface area contributed by atoms with Crippen molar-refractivity contribution in [1.29, 1.82) is 0 Å². The number of hydrogen-bond acceptors (Lipinski definition) is 1. The number of carbonyl (C=O) groups is 1. The van der Waals surface area contributed by atoms with Gasteiger partial charge in [-0.2, -0.15) is 0 Å². The highest BCUT2D eigenvalue weighted by Crippen LogP contribution is 2.53. The van der Waals surface area contributed by atoms with E-state index in [2.05, 4.69) is 6.92 Å². The number of rotatable bonds is 2. The molecule has 2 rings (SSSR count). The van der Waals surface area contributed by atoms with Crippen molar-refractivity contribution in [2.24, 2.45) is 11.3 Å². The van der Waals surface area contributed by atoms with Gasteiger partial charge in [-0.05, 0) is 37.0 Å². The molecule has 0 atom stereocenters. The Morgan fingerprint density at radius 3 is 2.18 bits per heavy atom. The minimum Gasteiger partial charge on any atom is -0.343 e. The second-order valence-corrected chi connectivity index (χ2v) is 5.57. The van der Waals surface area contributed by atoms with Crippen LogP contribution in [0, 0.1) is 11.3 Å². The summed E-state index contributed by atoms with van der Waals surface area (Å²) < 4.78 is 0. The van der Waals surface area contributed by atoms with Gasteiger partial charge in [0, 0.05) is 20.0 Å². The molecule has 2 heteroatoms. The fourth-order valence-electron chi connectivity index (χ4n) is 3.48. The number of likely N-dealkylation sites (tertiary alicyclic amines) is 1. The molecule has 1 amide bonds. The third kappa shape index (κ3) is 3.46. The summed E-state index contributed by atoms with van der Waals surface area (Å²) in [4.78, 5) is 13.2. The maximum Gasteiger partial charge on any atom is 0.219 e. The molecule has 1 saturated heterocycles. The number of amides is 1. The lowest BCUT2D eigenvalue weighted by atomic mass is 9.56. The van der Waals surface area contributed by atoms with E-state index in [0.717, 1.165) is 19.0 Å². The van der Waals surface area contributed by atoms with Crippen LogP contribution >= 0.6 is 0 Å². The van der Waals surface area contributed by atoms with Crippen molar-refractivity contribution in [2.75, 3.05) is 13.1 Å². The van der Waals surface area contributed by atoms with Gasteiger partial charge in [-0.1, -0.05) is 33.6 Å². The van der Waals surface area contributed by atoms with Crippen molar-refractivity contribution in [1.82, 2.24) is 4.90 Å². The number of carbonyl (C=O) groups excluding carboxylic acids is 1. The van der Waals surface area contributed by atoms with Gasteiger partial charge in [0.25, 0.3) is 0 Å². The molecule has 1 heterocycles. The molecule has 1 aliphatic carbocycles. The highest BCUT2D eigenvalue weighted by molar-refractivity contribution is 5.73. The molecule has 1 aliphatic heterocycles. The van der Waals surface area contributed by atoms with Gasteiger partial charge >= 0.3 is 0 Å². The Bertz CT molecular complexity index is 233. The van der Waals surface area contributed by atoms with E-state index in [-0.39, 0.29) is 5.91 Å². The molecule has 0 unspecified atom stereocenters. The quantitative estimate of drug-likeness (QED) is 0.716. The van der Waals surface area contributed by atoms with Gasteiger partial charge in [0.2, 0.25) is 5.91 Å². The maximum absolute atomic E-state index is 11.2. The largest absolute Gasteiger partial charge is 0.343 e. The van der Waals surface area contributed by atoms with Crippen LogP contribution in [0.4, 0.5) is 0 Å². The summed E-state index contributed by atoms with van der Waals surface area (Å²) in [6.07, 6.45) is 8.14. The average molecular weight is 239 g/mol. The van der Waals surface area contributed by atoms with E-state index in [4.69, 9.17) is 0 Å². The molecule has 2 nitrogen and oxygen atoms in total. The lowest BCUT2D eigenvalue weighted by Gasteiger charge is -2.52. The summed E-state index contributed by atoms with van der Waals surface area (Å²) in [5, 5.41) is 0. The molecule has 17 heavy (non-hydrogen) atoms. The Balaban J connectivity index is 0.000000686. The van der Waals surface area contributed by atoms with Gasteiger partial charge < -0.3 is 4.90 Å². The SMILES string of the molecule is CC.CCCC1CC2(CCN(C(C)=O)CC2)C1. The van der Waals surface area contributed by atoms with Gasteiger partial charge in [-0.15, -0.1) is 0 Å². The van der Waals surface area contributed by atoms with Gasteiger partial charge in [0.05, 0.1) is 0 Å². The summed E-state index contributed by atoms with van der Waals surface area (Å²) in [5.74, 6) is 1.26. The van der Waals surface area contributed by atoms with Gasteiger partial charge in [-0.25, -0.2) is 0 Å². The van der Waals surface area contributed by atoms with E-state index in [1.54, 1.807) is 6.92 Å². The fourth-order valence-corrected chi connectivity index (χ4v) is 3.48. The Kier molecular flexibility index (Phi) is 5.48. The van der Waals surface area contributed by atoms with Crippen molar-refractivity contribution in [2.45, 2.75) is 66.2 Å². The molecule has 0 bridgehead atoms. The second-order valence-electron chi connectivity index (χ2n) is 5.57. The van der Waals surface area contributed by atoms with Gasteiger partial charge in [-0.3, -0.25) is 4.79 Å². The molecule has 2 aliphatic rings. The Labute approximate surface area is 107 Å². The molecule has 1 spiro atoms. The van der Waals surface area contributed by atoms with E-state index in [0.29, 0.717) is 5.41 Å². The fraction of sp³-hybridized carbons (Fsp3) is 0.933. The van der Waals surface area contributed by atoms with Crippen molar-refractivity contribution in [3.05, 3.63) is 0 Å². The molecule has 0 aromatic carbocycles. The van der Waals surface area contributed by atoms with E-state index < -0.39 is 0 Å². The minimum absolute atomic E-state index is 0.259. The summed E-state index contributed by atoms with van der Waals surface area (Å²) in [6.45, 7) is 9.99. The first-order valence-electron chi connectivity index (χ1n) is 7.41. The van der Waals surface area contributed by atoms with Crippen LogP contribution in [-0.4, -0.2) is 23.9 Å². The summed E-state index contributed by atoms with van der Waals surface area (Å²) in [7, 11) is 0. The Morgan fingerprint density at radius 2 is 1.76 bits per heavy atom. The van der Waals surface area contributed by atoms with Crippen molar-refractivity contribution < 1.29 is 4.79 Å². The molecule has 100 valence electrons. The third-order valence-electron chi connectivity index (χ3n) is 4.41. The monoisotopic (exact) mass is 239 g/mol. The van der Waals surface area contributed by atoms with Crippen LogP contribution in [0.5, 0.6) is 0 Å². The highest BCUT2D eigenvalue weighted by atomic mass is 16.2. The standard InChI is InChI=1S/C13H23NO.C2H6/c1-3-4-12-9-13(10-12)5-7-14(8-6-13)11(2)15;1-2/h12H,3-10H2,1-2H3;1-2H3. The maximum atomic E-state index is 11.2. The summed E-state index contributed by atoms with van der Waals surface area (Å²) in [6, 6.07) is 0. The summed E-state index contributed by atoms with van der Waals surface area (Å²) in [5.41, 5.74) is 0.645. The number of piperidine rings is 1. The zero-order valence-electron chi connectivity index (χ0n) is 12.1. The van der Waals surface area contributed by atoms with Crippen molar-refractivity contribution >= 4 is 5.91 Å². The van der Waals surface area contributed by atoms with Gasteiger partial charge in [0.1, 0.15) is 0 Å². The van der Waals surface area contributed by atoms with Crippen molar-refractivity contribution in [3.8, 4) is 0 Å². The van der Waals surface area contributed by atoms with Crippen molar-refractivity contribution in [3.63, 3.8) is 0 Å². The predicted molar refractivity (Wildman–Crippen MR) is 72.9 cm³/mol. The van der Waals surface area contributed by atoms with Gasteiger partial charge in [0.15, 0.2) is 0 Å². The first kappa shape index (κ1) is 14.5. The van der Waals surface area contributed by atoms with E-state index in [9.17, 15) is 4.79 Å². The van der Waals surface area contributed by atoms with E-state index in [1.165, 1.54) is 38.5 Å². The molecule has 1 saturated carbocycles. The number of hydrogen-bond donors (Lipinski definition) is 0.